The van der Waals surface area contributed by atoms with Gasteiger partial charge in [-0.3, -0.25) is 0 Å². The van der Waals surface area contributed by atoms with Crippen molar-refractivity contribution in [2.75, 3.05) is 6.61 Å². The van der Waals surface area contributed by atoms with Crippen LogP contribution in [-0.4, -0.2) is 16.2 Å². The molecule has 0 bridgehead atoms. The van der Waals surface area contributed by atoms with E-state index in [1.54, 1.807) is 12.4 Å². The fourth-order valence-corrected chi connectivity index (χ4v) is 1.66. The van der Waals surface area contributed by atoms with Crippen molar-refractivity contribution in [3.63, 3.8) is 0 Å². The highest BCUT2D eigenvalue weighted by Gasteiger charge is 2.30. The lowest BCUT2D eigenvalue weighted by Crippen LogP contribution is -2.10. The van der Waals surface area contributed by atoms with Crippen molar-refractivity contribution >= 4 is 0 Å². The molecule has 0 aliphatic rings. The topological polar surface area (TPSA) is 27.1 Å². The molecule has 0 spiro atoms. The largest absolute Gasteiger partial charge is 0.492 e. The Morgan fingerprint density at radius 1 is 1.32 bits per heavy atom. The Balaban J connectivity index is 1.95. The van der Waals surface area contributed by atoms with Crippen LogP contribution in [0.25, 0.3) is 0 Å². The number of nitrogens with zero attached hydrogens (tertiary/aromatic N) is 2. The van der Waals surface area contributed by atoms with Crippen LogP contribution in [0.1, 0.15) is 11.4 Å². The molecule has 2 rings (SSSR count). The van der Waals surface area contributed by atoms with Gasteiger partial charge in [0.2, 0.25) is 0 Å². The normalized spacial score (nSPS) is 11.6. The summed E-state index contributed by atoms with van der Waals surface area (Å²) in [7, 11) is 0. The van der Waals surface area contributed by atoms with E-state index in [1.807, 2.05) is 11.5 Å². The summed E-state index contributed by atoms with van der Waals surface area (Å²) in [6.07, 6.45) is -0.884. The van der Waals surface area contributed by atoms with E-state index >= 15 is 0 Å². The molecule has 0 saturated heterocycles. The number of hydrogen-bond donors (Lipinski definition) is 0. The Labute approximate surface area is 108 Å². The van der Waals surface area contributed by atoms with Gasteiger partial charge in [0, 0.05) is 12.4 Å². The Bertz CT molecular complexity index is 549. The van der Waals surface area contributed by atoms with Crippen LogP contribution in [0.4, 0.5) is 13.2 Å². The molecular weight excluding hydrogens is 257 g/mol. The van der Waals surface area contributed by atoms with Crippen LogP contribution in [0.2, 0.25) is 0 Å². The van der Waals surface area contributed by atoms with Crippen molar-refractivity contribution in [3.8, 4) is 5.75 Å². The molecule has 1 aromatic carbocycles. The van der Waals surface area contributed by atoms with Gasteiger partial charge in [-0.05, 0) is 25.1 Å². The van der Waals surface area contributed by atoms with Gasteiger partial charge in [0.05, 0.1) is 12.1 Å². The number of halogens is 3. The van der Waals surface area contributed by atoms with E-state index in [-0.39, 0.29) is 5.75 Å². The van der Waals surface area contributed by atoms with Gasteiger partial charge in [0.25, 0.3) is 0 Å². The number of benzene rings is 1. The lowest BCUT2D eigenvalue weighted by molar-refractivity contribution is -0.137. The number of alkyl halides is 3. The molecule has 0 atom stereocenters. The van der Waals surface area contributed by atoms with Crippen molar-refractivity contribution in [1.82, 2.24) is 9.55 Å². The lowest BCUT2D eigenvalue weighted by atomic mass is 10.2. The van der Waals surface area contributed by atoms with Gasteiger partial charge in [0.15, 0.2) is 0 Å². The van der Waals surface area contributed by atoms with E-state index in [2.05, 4.69) is 4.98 Å². The molecule has 0 unspecified atom stereocenters. The minimum atomic E-state index is -4.35. The summed E-state index contributed by atoms with van der Waals surface area (Å²) in [5.41, 5.74) is -0.705. The Hall–Kier alpha value is -1.98. The van der Waals surface area contributed by atoms with Crippen LogP contribution in [0.15, 0.2) is 36.7 Å². The van der Waals surface area contributed by atoms with Crippen LogP contribution in [0.5, 0.6) is 5.75 Å². The summed E-state index contributed by atoms with van der Waals surface area (Å²) in [5, 5.41) is 0. The van der Waals surface area contributed by atoms with Gasteiger partial charge in [-0.15, -0.1) is 0 Å². The first-order chi connectivity index (χ1) is 8.97. The first kappa shape index (κ1) is 13.5. The lowest BCUT2D eigenvalue weighted by Gasteiger charge is -2.11. The fraction of sp³-hybridized carbons (Fsp3) is 0.308. The zero-order chi connectivity index (χ0) is 13.9. The predicted molar refractivity (Wildman–Crippen MR) is 63.9 cm³/mol. The van der Waals surface area contributed by atoms with Crippen LogP contribution in [0.3, 0.4) is 0 Å². The van der Waals surface area contributed by atoms with Crippen molar-refractivity contribution in [2.24, 2.45) is 0 Å². The van der Waals surface area contributed by atoms with Gasteiger partial charge < -0.3 is 9.30 Å². The van der Waals surface area contributed by atoms with E-state index in [9.17, 15) is 13.2 Å². The first-order valence-corrected chi connectivity index (χ1v) is 5.74. The maximum atomic E-state index is 12.5. The molecule has 0 N–H and O–H groups in total. The first-order valence-electron chi connectivity index (χ1n) is 5.74. The third-order valence-corrected chi connectivity index (χ3v) is 2.69. The molecule has 0 radical (unpaired) electrons. The summed E-state index contributed by atoms with van der Waals surface area (Å²) in [6.45, 7) is 2.69. The van der Waals surface area contributed by atoms with E-state index in [4.69, 9.17) is 4.74 Å². The second kappa shape index (κ2) is 5.34. The van der Waals surface area contributed by atoms with Gasteiger partial charge >= 0.3 is 6.18 Å². The number of rotatable bonds is 4. The molecule has 0 fully saturated rings. The molecule has 3 nitrogen and oxygen atoms in total. The van der Waals surface area contributed by atoms with Gasteiger partial charge in [-0.25, -0.2) is 4.98 Å². The molecule has 19 heavy (non-hydrogen) atoms. The molecule has 2 aromatic rings. The highest BCUT2D eigenvalue weighted by Crippen LogP contribution is 2.31. The van der Waals surface area contributed by atoms with Crippen molar-refractivity contribution < 1.29 is 17.9 Å². The number of aromatic nitrogens is 2. The zero-order valence-corrected chi connectivity index (χ0v) is 10.3. The highest BCUT2D eigenvalue weighted by molar-refractivity contribution is 5.30. The van der Waals surface area contributed by atoms with Crippen molar-refractivity contribution in [2.45, 2.75) is 19.6 Å². The van der Waals surface area contributed by atoms with E-state index in [0.29, 0.717) is 13.2 Å². The smallest absolute Gasteiger partial charge is 0.416 e. The predicted octanol–water partition coefficient (Wildman–Crippen LogP) is 3.29. The van der Waals surface area contributed by atoms with Crippen LogP contribution in [-0.2, 0) is 12.7 Å². The molecule has 1 aromatic heterocycles. The minimum Gasteiger partial charge on any atom is -0.492 e. The molecule has 1 heterocycles. The molecular formula is C13H13F3N2O. The van der Waals surface area contributed by atoms with E-state index in [1.165, 1.54) is 12.1 Å². The molecule has 0 amide bonds. The maximum Gasteiger partial charge on any atom is 0.416 e. The van der Waals surface area contributed by atoms with Gasteiger partial charge in [0.1, 0.15) is 18.2 Å². The number of imidazole rings is 1. The van der Waals surface area contributed by atoms with Crippen molar-refractivity contribution in [3.05, 3.63) is 48.0 Å². The average Bonchev–Trinajstić information content (AvgIpc) is 2.75. The summed E-state index contributed by atoms with van der Waals surface area (Å²) >= 11 is 0. The number of aryl methyl sites for hydroxylation is 1. The monoisotopic (exact) mass is 270 g/mol. The van der Waals surface area contributed by atoms with Crippen LogP contribution < -0.4 is 4.74 Å². The number of hydrogen-bond acceptors (Lipinski definition) is 2. The van der Waals surface area contributed by atoms with Gasteiger partial charge in [-0.2, -0.15) is 13.2 Å². The molecule has 102 valence electrons. The quantitative estimate of drug-likeness (QED) is 0.852. The standard InChI is InChI=1S/C13H13F3N2O/c1-10-17-5-6-18(10)7-8-19-12-4-2-3-11(9-12)13(14,15)16/h2-6,9H,7-8H2,1H3. The number of ether oxygens (including phenoxy) is 1. The van der Waals surface area contributed by atoms with E-state index in [0.717, 1.165) is 18.0 Å². The molecule has 0 aliphatic heterocycles. The fourth-order valence-electron chi connectivity index (χ4n) is 1.66. The third-order valence-electron chi connectivity index (χ3n) is 2.69. The molecule has 6 heteroatoms. The molecule has 0 aliphatic carbocycles. The summed E-state index contributed by atoms with van der Waals surface area (Å²) < 4.78 is 44.7. The van der Waals surface area contributed by atoms with Crippen molar-refractivity contribution in [1.29, 1.82) is 0 Å². The second-order valence-corrected chi connectivity index (χ2v) is 4.04. The maximum absolute atomic E-state index is 12.5. The Kier molecular flexibility index (Phi) is 3.78. The summed E-state index contributed by atoms with van der Waals surface area (Å²) in [6, 6.07) is 4.87. The third kappa shape index (κ3) is 3.49. The zero-order valence-electron chi connectivity index (χ0n) is 10.3. The van der Waals surface area contributed by atoms with Crippen LogP contribution in [0, 0.1) is 6.92 Å². The van der Waals surface area contributed by atoms with E-state index < -0.39 is 11.7 Å². The van der Waals surface area contributed by atoms with Crippen LogP contribution >= 0.6 is 0 Å². The Morgan fingerprint density at radius 2 is 2.11 bits per heavy atom. The summed E-state index contributed by atoms with van der Waals surface area (Å²) in [5.74, 6) is 1.06. The summed E-state index contributed by atoms with van der Waals surface area (Å²) in [4.78, 5) is 4.05. The molecule has 0 saturated carbocycles. The average molecular weight is 270 g/mol. The van der Waals surface area contributed by atoms with Gasteiger partial charge in [-0.1, -0.05) is 6.07 Å². The Morgan fingerprint density at radius 3 is 2.74 bits per heavy atom. The second-order valence-electron chi connectivity index (χ2n) is 4.04. The SMILES string of the molecule is Cc1nccn1CCOc1cccc(C(F)(F)F)c1. The highest BCUT2D eigenvalue weighted by atomic mass is 19.4. The minimum absolute atomic E-state index is 0.215.